The van der Waals surface area contributed by atoms with E-state index in [4.69, 9.17) is 33.5 Å². The van der Waals surface area contributed by atoms with Crippen molar-refractivity contribution in [2.24, 2.45) is 0 Å². The lowest BCUT2D eigenvalue weighted by Gasteiger charge is -2.11. The van der Waals surface area contributed by atoms with Crippen LogP contribution in [0.1, 0.15) is 27.4 Å². The van der Waals surface area contributed by atoms with Gasteiger partial charge < -0.3 is 15.6 Å². The van der Waals surface area contributed by atoms with Crippen LogP contribution in [0.5, 0.6) is 0 Å². The lowest BCUT2D eigenvalue weighted by atomic mass is 10.2. The summed E-state index contributed by atoms with van der Waals surface area (Å²) in [5, 5.41) is 7.87. The molecule has 27 heavy (non-hydrogen) atoms. The fourth-order valence-corrected chi connectivity index (χ4v) is 4.01. The van der Waals surface area contributed by atoms with Gasteiger partial charge in [0.05, 0.1) is 27.0 Å². The molecular formula is C18H16Cl2N4O2S. The molecule has 0 atom stereocenters. The van der Waals surface area contributed by atoms with Crippen molar-refractivity contribution in [1.29, 1.82) is 0 Å². The van der Waals surface area contributed by atoms with Crippen molar-refractivity contribution in [1.82, 2.24) is 10.1 Å². The summed E-state index contributed by atoms with van der Waals surface area (Å²) in [4.78, 5) is 17.1. The van der Waals surface area contributed by atoms with Gasteiger partial charge in [-0.3, -0.25) is 4.79 Å². The van der Waals surface area contributed by atoms with Gasteiger partial charge in [0, 0.05) is 23.2 Å². The average molecular weight is 423 g/mol. The van der Waals surface area contributed by atoms with Gasteiger partial charge in [0.1, 0.15) is 10.8 Å². The Balaban J connectivity index is 1.80. The summed E-state index contributed by atoms with van der Waals surface area (Å²) in [6.45, 7) is 3.74. The molecule has 0 fully saturated rings. The number of nitrogens with one attached hydrogen (secondary N) is 1. The maximum Gasteiger partial charge on any atom is 0.258 e. The second-order valence-electron chi connectivity index (χ2n) is 5.76. The molecule has 0 aliphatic heterocycles. The van der Waals surface area contributed by atoms with E-state index in [0.29, 0.717) is 22.0 Å². The van der Waals surface area contributed by atoms with Crippen molar-refractivity contribution < 1.29 is 9.32 Å². The van der Waals surface area contributed by atoms with E-state index in [-0.39, 0.29) is 21.6 Å². The molecular weight excluding hydrogens is 407 g/mol. The maximum absolute atomic E-state index is 12.7. The molecule has 0 saturated carbocycles. The van der Waals surface area contributed by atoms with E-state index in [1.54, 1.807) is 30.5 Å². The molecule has 0 saturated heterocycles. The number of benzene rings is 1. The van der Waals surface area contributed by atoms with Crippen LogP contribution in [0, 0.1) is 13.8 Å². The number of nitrogens with zero attached hydrogens (tertiary/aromatic N) is 2. The van der Waals surface area contributed by atoms with E-state index < -0.39 is 0 Å². The molecule has 140 valence electrons. The predicted octanol–water partition coefficient (Wildman–Crippen LogP) is 5.12. The predicted molar refractivity (Wildman–Crippen MR) is 109 cm³/mol. The van der Waals surface area contributed by atoms with Gasteiger partial charge in [-0.1, -0.05) is 28.4 Å². The Bertz CT molecular complexity index is 964. The summed E-state index contributed by atoms with van der Waals surface area (Å²) in [7, 11) is 0. The van der Waals surface area contributed by atoms with Crippen molar-refractivity contribution >= 4 is 52.2 Å². The van der Waals surface area contributed by atoms with Gasteiger partial charge >= 0.3 is 0 Å². The molecule has 9 heteroatoms. The third-order valence-corrected chi connectivity index (χ3v) is 5.54. The number of pyridine rings is 1. The highest BCUT2D eigenvalue weighted by Crippen LogP contribution is 2.32. The summed E-state index contributed by atoms with van der Waals surface area (Å²) in [5.41, 5.74) is 8.71. The molecule has 0 bridgehead atoms. The number of anilines is 2. The molecule has 1 amide bonds. The number of hydrogen-bond donors (Lipinski definition) is 2. The Morgan fingerprint density at radius 3 is 2.63 bits per heavy atom. The van der Waals surface area contributed by atoms with Crippen molar-refractivity contribution in [2.75, 3.05) is 11.1 Å². The summed E-state index contributed by atoms with van der Waals surface area (Å²) in [6.07, 6.45) is 1.64. The molecule has 1 aromatic carbocycles. The molecule has 0 unspecified atom stereocenters. The monoisotopic (exact) mass is 422 g/mol. The fraction of sp³-hybridized carbons (Fsp3) is 0.167. The molecule has 2 heterocycles. The van der Waals surface area contributed by atoms with Crippen LogP contribution in [0.3, 0.4) is 0 Å². The van der Waals surface area contributed by atoms with Crippen LogP contribution < -0.4 is 11.1 Å². The van der Waals surface area contributed by atoms with E-state index >= 15 is 0 Å². The highest BCUT2D eigenvalue weighted by Gasteiger charge is 2.16. The number of nitrogen functional groups attached to an aromatic ring is 1. The molecule has 3 N–H and O–H groups in total. The lowest BCUT2D eigenvalue weighted by Crippen LogP contribution is -2.14. The van der Waals surface area contributed by atoms with Crippen molar-refractivity contribution in [3.8, 4) is 0 Å². The molecule has 2 aromatic heterocycles. The second-order valence-corrected chi connectivity index (χ2v) is 7.53. The van der Waals surface area contributed by atoms with Gasteiger partial charge in [-0.15, -0.1) is 11.8 Å². The molecule has 3 aromatic rings. The Kier molecular flexibility index (Phi) is 5.94. The number of amides is 1. The molecule has 0 aliphatic rings. The molecule has 6 nitrogen and oxygen atoms in total. The van der Waals surface area contributed by atoms with E-state index in [1.807, 2.05) is 13.8 Å². The zero-order chi connectivity index (χ0) is 19.6. The summed E-state index contributed by atoms with van der Waals surface area (Å²) in [6, 6.07) is 6.51. The number of rotatable bonds is 5. The van der Waals surface area contributed by atoms with E-state index in [0.717, 1.165) is 17.0 Å². The number of carbonyl (C=O) groups excluding carboxylic acids is 1. The maximum atomic E-state index is 12.7. The van der Waals surface area contributed by atoms with Gasteiger partial charge in [0.2, 0.25) is 0 Å². The fourth-order valence-electron chi connectivity index (χ4n) is 2.38. The number of thioether (sulfide) groups is 1. The van der Waals surface area contributed by atoms with Gasteiger partial charge in [0.25, 0.3) is 5.91 Å². The lowest BCUT2D eigenvalue weighted by molar-refractivity contribution is 0.102. The minimum Gasteiger partial charge on any atom is -0.396 e. The van der Waals surface area contributed by atoms with Crippen LogP contribution in [0.15, 0.2) is 40.0 Å². The molecule has 0 spiro atoms. The smallest absolute Gasteiger partial charge is 0.258 e. The first-order chi connectivity index (χ1) is 12.9. The first kappa shape index (κ1) is 19.5. The number of nitrogens with two attached hydrogens (primary N) is 1. The van der Waals surface area contributed by atoms with Crippen LogP contribution in [-0.4, -0.2) is 16.0 Å². The van der Waals surface area contributed by atoms with E-state index in [1.165, 1.54) is 11.8 Å². The Hall–Kier alpha value is -2.22. The van der Waals surface area contributed by atoms with E-state index in [9.17, 15) is 4.79 Å². The first-order valence-corrected chi connectivity index (χ1v) is 9.66. The Morgan fingerprint density at radius 1 is 1.30 bits per heavy atom. The number of halogens is 2. The number of carbonyl (C=O) groups is 1. The Morgan fingerprint density at radius 2 is 2.00 bits per heavy atom. The third kappa shape index (κ3) is 4.37. The number of aryl methyl sites for hydroxylation is 2. The van der Waals surface area contributed by atoms with Crippen LogP contribution >= 0.6 is 35.0 Å². The normalized spacial score (nSPS) is 10.8. The third-order valence-electron chi connectivity index (χ3n) is 3.89. The SMILES string of the molecule is Cc1noc(C)c1CSc1ncccc1C(=O)Nc1cc(Cl)c(N)c(Cl)c1. The van der Waals surface area contributed by atoms with Crippen LogP contribution in [0.25, 0.3) is 0 Å². The number of aromatic nitrogens is 2. The van der Waals surface area contributed by atoms with Crippen molar-refractivity contribution in [3.05, 3.63) is 63.1 Å². The van der Waals surface area contributed by atoms with Gasteiger partial charge in [-0.25, -0.2) is 4.98 Å². The Labute approximate surface area is 170 Å². The van der Waals surface area contributed by atoms with Gasteiger partial charge in [-0.05, 0) is 38.1 Å². The highest BCUT2D eigenvalue weighted by atomic mass is 35.5. The quantitative estimate of drug-likeness (QED) is 0.437. The molecule has 3 rings (SSSR count). The zero-order valence-corrected chi connectivity index (χ0v) is 16.9. The largest absolute Gasteiger partial charge is 0.396 e. The summed E-state index contributed by atoms with van der Waals surface area (Å²) < 4.78 is 5.17. The van der Waals surface area contributed by atoms with Crippen LogP contribution in [0.2, 0.25) is 10.0 Å². The van der Waals surface area contributed by atoms with Gasteiger partial charge in [0.15, 0.2) is 0 Å². The molecule has 0 aliphatic carbocycles. The second kappa shape index (κ2) is 8.21. The topological polar surface area (TPSA) is 94.0 Å². The zero-order valence-electron chi connectivity index (χ0n) is 14.5. The van der Waals surface area contributed by atoms with E-state index in [2.05, 4.69) is 15.5 Å². The first-order valence-electron chi connectivity index (χ1n) is 7.92. The minimum absolute atomic E-state index is 0.272. The summed E-state index contributed by atoms with van der Waals surface area (Å²) in [5.74, 6) is 1.03. The van der Waals surface area contributed by atoms with Crippen LogP contribution in [-0.2, 0) is 5.75 Å². The van der Waals surface area contributed by atoms with Crippen molar-refractivity contribution in [3.63, 3.8) is 0 Å². The number of hydrogen-bond acceptors (Lipinski definition) is 6. The average Bonchev–Trinajstić information content (AvgIpc) is 2.96. The highest BCUT2D eigenvalue weighted by molar-refractivity contribution is 7.98. The standard InChI is InChI=1S/C18H16Cl2N4O2S/c1-9-13(10(2)26-24-9)8-27-18-12(4-3-5-22-18)17(25)23-11-6-14(19)16(21)15(20)7-11/h3-7H,8,21H2,1-2H3,(H,23,25). The summed E-state index contributed by atoms with van der Waals surface area (Å²) >= 11 is 13.5. The molecule has 0 radical (unpaired) electrons. The minimum atomic E-state index is -0.318. The van der Waals surface area contributed by atoms with Gasteiger partial charge in [-0.2, -0.15) is 0 Å². The van der Waals surface area contributed by atoms with Crippen molar-refractivity contribution in [2.45, 2.75) is 24.6 Å². The van der Waals surface area contributed by atoms with Crippen LogP contribution in [0.4, 0.5) is 11.4 Å².